The first-order chi connectivity index (χ1) is 9.48. The average Bonchev–Trinajstić information content (AvgIpc) is 3.20. The first-order valence-corrected chi connectivity index (χ1v) is 8.25. The molecule has 0 amide bonds. The summed E-state index contributed by atoms with van der Waals surface area (Å²) in [7, 11) is -3.60. The summed E-state index contributed by atoms with van der Waals surface area (Å²) in [6, 6.07) is 14.1. The molecule has 1 heterocycles. The summed E-state index contributed by atoms with van der Waals surface area (Å²) >= 11 is 3.36. The Bertz CT molecular complexity index is 743. The SMILES string of the molecule is Cc1ccc(S(=O)(=O)N2OC2c2cccc(Br)c2)cc1. The molecule has 4 nitrogen and oxygen atoms in total. The molecule has 0 aliphatic carbocycles. The highest BCUT2D eigenvalue weighted by Gasteiger charge is 2.48. The summed E-state index contributed by atoms with van der Waals surface area (Å²) in [4.78, 5) is 5.47. The quantitative estimate of drug-likeness (QED) is 0.794. The number of benzene rings is 2. The lowest BCUT2D eigenvalue weighted by molar-refractivity contribution is 0.283. The van der Waals surface area contributed by atoms with Crippen LogP contribution in [0.1, 0.15) is 17.4 Å². The highest BCUT2D eigenvalue weighted by molar-refractivity contribution is 9.10. The molecule has 0 radical (unpaired) electrons. The molecule has 104 valence electrons. The van der Waals surface area contributed by atoms with Crippen LogP contribution in [0.15, 0.2) is 57.9 Å². The van der Waals surface area contributed by atoms with Crippen LogP contribution in [0.4, 0.5) is 0 Å². The van der Waals surface area contributed by atoms with E-state index in [1.165, 1.54) is 0 Å². The highest BCUT2D eigenvalue weighted by Crippen LogP contribution is 2.42. The zero-order chi connectivity index (χ0) is 14.3. The highest BCUT2D eigenvalue weighted by atomic mass is 79.9. The maximum absolute atomic E-state index is 12.4. The van der Waals surface area contributed by atoms with Crippen molar-refractivity contribution in [3.63, 3.8) is 0 Å². The van der Waals surface area contributed by atoms with Crippen molar-refractivity contribution in [2.75, 3.05) is 0 Å². The summed E-state index contributed by atoms with van der Waals surface area (Å²) in [5.74, 6) is 0. The first kappa shape index (κ1) is 13.8. The zero-order valence-electron chi connectivity index (χ0n) is 10.7. The molecular weight excluding hydrogens is 342 g/mol. The number of hydrogen-bond donors (Lipinski definition) is 0. The lowest BCUT2D eigenvalue weighted by atomic mass is 10.2. The maximum Gasteiger partial charge on any atom is 0.267 e. The first-order valence-electron chi connectivity index (χ1n) is 6.02. The fraction of sp³-hybridized carbons (Fsp3) is 0.143. The van der Waals surface area contributed by atoms with E-state index in [4.69, 9.17) is 4.84 Å². The third-order valence-corrected chi connectivity index (χ3v) is 5.15. The van der Waals surface area contributed by atoms with Gasteiger partial charge < -0.3 is 0 Å². The van der Waals surface area contributed by atoms with Gasteiger partial charge in [0, 0.05) is 10.0 Å². The van der Waals surface area contributed by atoms with Gasteiger partial charge >= 0.3 is 0 Å². The fourth-order valence-electron chi connectivity index (χ4n) is 1.91. The number of aryl methyl sites for hydroxylation is 1. The third-order valence-electron chi connectivity index (χ3n) is 3.04. The van der Waals surface area contributed by atoms with E-state index in [-0.39, 0.29) is 4.90 Å². The molecule has 0 spiro atoms. The van der Waals surface area contributed by atoms with Crippen LogP contribution in [0.25, 0.3) is 0 Å². The Kier molecular flexibility index (Phi) is 3.41. The van der Waals surface area contributed by atoms with E-state index in [0.29, 0.717) is 0 Å². The van der Waals surface area contributed by atoms with Gasteiger partial charge in [0.15, 0.2) is 6.23 Å². The van der Waals surface area contributed by atoms with Gasteiger partial charge in [0.25, 0.3) is 10.0 Å². The lowest BCUT2D eigenvalue weighted by Crippen LogP contribution is -2.12. The van der Waals surface area contributed by atoms with E-state index in [2.05, 4.69) is 15.9 Å². The van der Waals surface area contributed by atoms with Gasteiger partial charge in [-0.2, -0.15) is 0 Å². The van der Waals surface area contributed by atoms with Crippen LogP contribution in [0.5, 0.6) is 0 Å². The summed E-state index contributed by atoms with van der Waals surface area (Å²) in [5, 5.41) is 0. The summed E-state index contributed by atoms with van der Waals surface area (Å²) in [6.45, 7) is 1.91. The largest absolute Gasteiger partial charge is 0.267 e. The standard InChI is InChI=1S/C14H12BrNO3S/c1-10-5-7-13(8-6-10)20(17,18)16-14(19-16)11-3-2-4-12(15)9-11/h2-9,14H,1H3. The number of halogens is 1. The van der Waals surface area contributed by atoms with Crippen LogP contribution in [0.3, 0.4) is 0 Å². The van der Waals surface area contributed by atoms with Crippen molar-refractivity contribution in [1.29, 1.82) is 0 Å². The van der Waals surface area contributed by atoms with Crippen molar-refractivity contribution in [2.45, 2.75) is 18.0 Å². The van der Waals surface area contributed by atoms with E-state index in [1.807, 2.05) is 31.2 Å². The second kappa shape index (κ2) is 4.96. The molecule has 2 aromatic carbocycles. The molecule has 1 aliphatic rings. The molecule has 2 aromatic rings. The molecule has 6 heteroatoms. The molecule has 2 unspecified atom stereocenters. The van der Waals surface area contributed by atoms with Crippen LogP contribution in [0, 0.1) is 6.92 Å². The Morgan fingerprint density at radius 2 is 1.85 bits per heavy atom. The van der Waals surface area contributed by atoms with Gasteiger partial charge in [0.1, 0.15) is 0 Å². The maximum atomic E-state index is 12.4. The Morgan fingerprint density at radius 3 is 2.50 bits per heavy atom. The van der Waals surface area contributed by atoms with Gasteiger partial charge in [-0.3, -0.25) is 4.84 Å². The summed E-state index contributed by atoms with van der Waals surface area (Å²) in [6.07, 6.45) is -0.543. The number of hydroxylamine groups is 1. The van der Waals surface area contributed by atoms with Crippen LogP contribution in [-0.4, -0.2) is 12.9 Å². The molecule has 1 aliphatic heterocycles. The van der Waals surface area contributed by atoms with Gasteiger partial charge in [0.05, 0.1) is 4.90 Å². The Morgan fingerprint density at radius 1 is 1.15 bits per heavy atom. The van der Waals surface area contributed by atoms with Gasteiger partial charge in [-0.1, -0.05) is 45.8 Å². The molecule has 2 atom stereocenters. The topological polar surface area (TPSA) is 49.7 Å². The Labute approximate surface area is 126 Å². The number of sulfonamides is 1. The summed E-state index contributed by atoms with van der Waals surface area (Å²) in [5.41, 5.74) is 1.81. The van der Waals surface area contributed by atoms with E-state index >= 15 is 0 Å². The normalized spacial score (nSPS) is 21.7. The molecule has 0 N–H and O–H groups in total. The summed E-state index contributed by atoms with van der Waals surface area (Å²) < 4.78 is 26.6. The molecule has 0 bridgehead atoms. The second-order valence-electron chi connectivity index (χ2n) is 4.59. The minimum Gasteiger partial charge on any atom is -0.253 e. The van der Waals surface area contributed by atoms with Crippen LogP contribution >= 0.6 is 15.9 Å². The van der Waals surface area contributed by atoms with Crippen LogP contribution < -0.4 is 0 Å². The Balaban J connectivity index is 1.86. The molecule has 3 rings (SSSR count). The zero-order valence-corrected chi connectivity index (χ0v) is 13.1. The van der Waals surface area contributed by atoms with Gasteiger partial charge in [-0.15, -0.1) is 0 Å². The van der Waals surface area contributed by atoms with Gasteiger partial charge in [0.2, 0.25) is 0 Å². The third kappa shape index (κ3) is 2.52. The fourth-order valence-corrected chi connectivity index (χ4v) is 3.58. The molecule has 0 saturated carbocycles. The van der Waals surface area contributed by atoms with Crippen LogP contribution in [-0.2, 0) is 14.9 Å². The van der Waals surface area contributed by atoms with E-state index in [0.717, 1.165) is 20.1 Å². The van der Waals surface area contributed by atoms with Crippen molar-refractivity contribution in [3.05, 3.63) is 64.1 Å². The van der Waals surface area contributed by atoms with Crippen molar-refractivity contribution < 1.29 is 13.3 Å². The van der Waals surface area contributed by atoms with E-state index < -0.39 is 16.3 Å². The Hall–Kier alpha value is -1.21. The molecule has 1 saturated heterocycles. The van der Waals surface area contributed by atoms with Crippen molar-refractivity contribution in [3.8, 4) is 0 Å². The molecular formula is C14H12BrNO3S. The second-order valence-corrected chi connectivity index (χ2v) is 7.28. The van der Waals surface area contributed by atoms with E-state index in [9.17, 15) is 8.42 Å². The van der Waals surface area contributed by atoms with Crippen molar-refractivity contribution in [1.82, 2.24) is 4.47 Å². The lowest BCUT2D eigenvalue weighted by Gasteiger charge is -2.03. The van der Waals surface area contributed by atoms with Crippen molar-refractivity contribution >= 4 is 26.0 Å². The molecule has 0 aromatic heterocycles. The number of nitrogens with zero attached hydrogens (tertiary/aromatic N) is 1. The van der Waals surface area contributed by atoms with Gasteiger partial charge in [-0.25, -0.2) is 8.42 Å². The minimum absolute atomic E-state index is 0.237. The van der Waals surface area contributed by atoms with Crippen LogP contribution in [0.2, 0.25) is 0 Å². The van der Waals surface area contributed by atoms with E-state index in [1.54, 1.807) is 24.3 Å². The molecule has 20 heavy (non-hydrogen) atoms. The smallest absolute Gasteiger partial charge is 0.253 e. The predicted molar refractivity (Wildman–Crippen MR) is 78.2 cm³/mol. The predicted octanol–water partition coefficient (Wildman–Crippen LogP) is 3.39. The number of rotatable bonds is 3. The van der Waals surface area contributed by atoms with Crippen molar-refractivity contribution in [2.24, 2.45) is 0 Å². The number of hydrogen-bond acceptors (Lipinski definition) is 3. The van der Waals surface area contributed by atoms with Gasteiger partial charge in [-0.05, 0) is 35.7 Å². The monoisotopic (exact) mass is 353 g/mol. The average molecular weight is 354 g/mol. The molecule has 1 fully saturated rings. The minimum atomic E-state index is -3.60.